The lowest BCUT2D eigenvalue weighted by Crippen LogP contribution is -2.60. The van der Waals surface area contributed by atoms with Crippen molar-refractivity contribution in [3.63, 3.8) is 0 Å². The second-order valence-electron chi connectivity index (χ2n) is 29.5. The highest BCUT2D eigenvalue weighted by Crippen LogP contribution is 2.24. The van der Waals surface area contributed by atoms with Gasteiger partial charge in [0.15, 0.2) is 6.29 Å². The summed E-state index contributed by atoms with van der Waals surface area (Å²) in [5.41, 5.74) is 0. The van der Waals surface area contributed by atoms with Gasteiger partial charge in [0.2, 0.25) is 5.91 Å². The molecule has 566 valence electrons. The van der Waals surface area contributed by atoms with Crippen LogP contribution in [0.2, 0.25) is 0 Å². The number of esters is 1. The highest BCUT2D eigenvalue weighted by Gasteiger charge is 2.44. The maximum absolute atomic E-state index is 13.1. The van der Waals surface area contributed by atoms with Gasteiger partial charge >= 0.3 is 5.97 Å². The number of amides is 1. The molecule has 7 unspecified atom stereocenters. The Morgan fingerprint density at radius 3 is 1.00 bits per heavy atom. The first-order valence-electron chi connectivity index (χ1n) is 42.3. The fourth-order valence-electron chi connectivity index (χ4n) is 13.6. The van der Waals surface area contributed by atoms with Crippen molar-refractivity contribution in [1.82, 2.24) is 5.32 Å². The van der Waals surface area contributed by atoms with Crippen molar-refractivity contribution >= 4 is 11.9 Å². The largest absolute Gasteiger partial charge is 0.466 e. The number of nitrogens with one attached hydrogen (secondary N) is 1. The molecule has 1 aliphatic heterocycles. The maximum atomic E-state index is 13.1. The van der Waals surface area contributed by atoms with E-state index < -0.39 is 49.5 Å². The molecule has 1 heterocycles. The van der Waals surface area contributed by atoms with Crippen LogP contribution in [0.25, 0.3) is 0 Å². The molecule has 0 aliphatic carbocycles. The lowest BCUT2D eigenvalue weighted by atomic mass is 9.99. The third-order valence-electron chi connectivity index (χ3n) is 20.2. The quantitative estimate of drug-likeness (QED) is 0.0195. The van der Waals surface area contributed by atoms with Crippen LogP contribution in [0.5, 0.6) is 0 Å². The Labute approximate surface area is 594 Å². The van der Waals surface area contributed by atoms with Crippen LogP contribution in [-0.2, 0) is 23.8 Å². The van der Waals surface area contributed by atoms with E-state index >= 15 is 0 Å². The summed E-state index contributed by atoms with van der Waals surface area (Å²) in [5.74, 6) is -0.165. The van der Waals surface area contributed by atoms with Gasteiger partial charge in [0.05, 0.1) is 32.0 Å². The third-order valence-corrected chi connectivity index (χ3v) is 20.2. The lowest BCUT2D eigenvalue weighted by Gasteiger charge is -2.40. The molecule has 0 aromatic carbocycles. The van der Waals surface area contributed by atoms with Gasteiger partial charge in [-0.2, -0.15) is 0 Å². The summed E-state index contributed by atoms with van der Waals surface area (Å²) < 4.78 is 16.8. The minimum Gasteiger partial charge on any atom is -0.466 e. The molecule has 96 heavy (non-hydrogen) atoms. The zero-order chi connectivity index (χ0) is 69.4. The summed E-state index contributed by atoms with van der Waals surface area (Å²) in [6.45, 7) is 4.40. The van der Waals surface area contributed by atoms with Crippen LogP contribution in [-0.4, -0.2) is 100 Å². The second kappa shape index (κ2) is 74.1. The normalized spacial score (nSPS) is 17.4. The Morgan fingerprint density at radius 1 is 0.375 bits per heavy atom. The average molecular weight is 1360 g/mol. The van der Waals surface area contributed by atoms with Crippen LogP contribution in [0.3, 0.4) is 0 Å². The van der Waals surface area contributed by atoms with E-state index in [9.17, 15) is 35.1 Å². The van der Waals surface area contributed by atoms with Gasteiger partial charge in [-0.1, -0.05) is 371 Å². The standard InChI is InChI=1S/C85H161NO10/c1-3-5-7-9-11-13-15-17-44-49-53-57-61-65-69-73-81(90)94-74-70-66-62-58-54-50-46-43-41-39-37-35-33-31-29-27-25-23-21-19-20-22-24-26-28-30-32-34-36-38-40-42-45-48-52-56-60-64-68-72-80(89)86-77(76-95-85-84(93)83(92)82(91)79(75-87)96-85)78(88)71-67-63-59-55-51-47-18-16-14-12-10-8-6-4-2/h17,19-20,44,67,71,77-79,82-85,87-88,91-93H,3-16,18,21-43,45-66,68-70,72-76H2,1-2H3,(H,86,89)/b20-19-,44-17-,71-67+. The highest BCUT2D eigenvalue weighted by atomic mass is 16.7. The van der Waals surface area contributed by atoms with Crippen molar-refractivity contribution in [3.8, 4) is 0 Å². The first-order valence-corrected chi connectivity index (χ1v) is 42.3. The summed E-state index contributed by atoms with van der Waals surface area (Å²) in [6, 6.07) is -0.807. The highest BCUT2D eigenvalue weighted by molar-refractivity contribution is 5.76. The van der Waals surface area contributed by atoms with Crippen LogP contribution in [0.4, 0.5) is 0 Å². The summed E-state index contributed by atoms with van der Waals surface area (Å²) in [7, 11) is 0. The van der Waals surface area contributed by atoms with Crippen LogP contribution >= 0.6 is 0 Å². The van der Waals surface area contributed by atoms with E-state index in [2.05, 4.69) is 43.5 Å². The van der Waals surface area contributed by atoms with Crippen LogP contribution in [0.1, 0.15) is 431 Å². The predicted molar refractivity (Wildman–Crippen MR) is 407 cm³/mol. The SMILES string of the molecule is CCCCCCCC/C=C\CCCCCCCC(=O)OCCCCCCCCCCCCCCCCCCCC/C=C\CCCCCCCCCCCCCCCCCCCC(=O)NC(COC1OC(CO)C(O)C(O)C1O)C(O)/C=C/CCCCCCCCCCCCCC. The minimum atomic E-state index is -1.57. The third kappa shape index (κ3) is 61.7. The number of rotatable bonds is 76. The second-order valence-corrected chi connectivity index (χ2v) is 29.5. The van der Waals surface area contributed by atoms with E-state index in [0.29, 0.717) is 19.4 Å². The van der Waals surface area contributed by atoms with E-state index in [0.717, 1.165) is 57.8 Å². The molecule has 0 bridgehead atoms. The molecule has 0 aromatic heterocycles. The first-order chi connectivity index (χ1) is 47.2. The fraction of sp³-hybridized carbons (Fsp3) is 0.906. The first kappa shape index (κ1) is 91.9. The van der Waals surface area contributed by atoms with E-state index in [1.54, 1.807) is 6.08 Å². The Kier molecular flexibility index (Phi) is 70.9. The number of carbonyl (C=O) groups excluding carboxylic acids is 2. The number of ether oxygens (including phenoxy) is 3. The van der Waals surface area contributed by atoms with Gasteiger partial charge in [0, 0.05) is 12.8 Å². The Hall–Kier alpha value is -2.12. The Bertz CT molecular complexity index is 1690. The number of carbonyl (C=O) groups is 2. The van der Waals surface area contributed by atoms with Gasteiger partial charge in [-0.25, -0.2) is 0 Å². The average Bonchev–Trinajstić information content (AvgIpc) is 1.06. The number of allylic oxidation sites excluding steroid dienone is 5. The maximum Gasteiger partial charge on any atom is 0.305 e. The molecule has 0 aromatic rings. The smallest absolute Gasteiger partial charge is 0.305 e. The zero-order valence-electron chi connectivity index (χ0n) is 63.4. The minimum absolute atomic E-state index is 0.00957. The molecule has 1 rings (SSSR count). The molecule has 7 atom stereocenters. The summed E-state index contributed by atoms with van der Waals surface area (Å²) in [5, 5.41) is 54.6. The van der Waals surface area contributed by atoms with E-state index in [1.807, 2.05) is 6.08 Å². The Balaban J connectivity index is 1.88. The fourth-order valence-corrected chi connectivity index (χ4v) is 13.6. The van der Waals surface area contributed by atoms with Crippen molar-refractivity contribution in [2.45, 2.75) is 474 Å². The van der Waals surface area contributed by atoms with E-state index in [4.69, 9.17) is 14.2 Å². The molecule has 1 fully saturated rings. The van der Waals surface area contributed by atoms with E-state index in [1.165, 1.54) is 347 Å². The predicted octanol–water partition coefficient (Wildman–Crippen LogP) is 23.3. The summed E-state index contributed by atoms with van der Waals surface area (Å²) >= 11 is 0. The van der Waals surface area contributed by atoms with Crippen LogP contribution in [0, 0.1) is 0 Å². The molecule has 0 saturated carbocycles. The van der Waals surface area contributed by atoms with Gasteiger partial charge in [0.1, 0.15) is 24.4 Å². The van der Waals surface area contributed by atoms with Crippen molar-refractivity contribution in [2.24, 2.45) is 0 Å². The van der Waals surface area contributed by atoms with Crippen molar-refractivity contribution in [3.05, 3.63) is 36.5 Å². The summed E-state index contributed by atoms with van der Waals surface area (Å²) in [4.78, 5) is 25.2. The van der Waals surface area contributed by atoms with E-state index in [-0.39, 0.29) is 18.5 Å². The van der Waals surface area contributed by atoms with Gasteiger partial charge in [-0.3, -0.25) is 9.59 Å². The molecule has 1 saturated heterocycles. The topological polar surface area (TPSA) is 175 Å². The number of aliphatic hydroxyl groups excluding tert-OH is 5. The van der Waals surface area contributed by atoms with Crippen molar-refractivity contribution in [1.29, 1.82) is 0 Å². The monoisotopic (exact) mass is 1360 g/mol. The van der Waals surface area contributed by atoms with Crippen LogP contribution in [0.15, 0.2) is 36.5 Å². The number of hydrogen-bond donors (Lipinski definition) is 6. The molecule has 0 radical (unpaired) electrons. The van der Waals surface area contributed by atoms with Crippen molar-refractivity contribution in [2.75, 3.05) is 19.8 Å². The molecule has 1 aliphatic rings. The molecule has 0 spiro atoms. The molecular formula is C85H161NO10. The van der Waals surface area contributed by atoms with Gasteiger partial charge in [-0.15, -0.1) is 0 Å². The molecule has 11 heteroatoms. The Morgan fingerprint density at radius 2 is 0.667 bits per heavy atom. The zero-order valence-corrected chi connectivity index (χ0v) is 63.4. The van der Waals surface area contributed by atoms with Gasteiger partial charge < -0.3 is 45.1 Å². The van der Waals surface area contributed by atoms with Gasteiger partial charge in [0.25, 0.3) is 0 Å². The lowest BCUT2D eigenvalue weighted by molar-refractivity contribution is -0.302. The molecular weight excluding hydrogens is 1190 g/mol. The molecule has 6 N–H and O–H groups in total. The number of aliphatic hydroxyl groups is 5. The number of hydrogen-bond acceptors (Lipinski definition) is 10. The van der Waals surface area contributed by atoms with Crippen molar-refractivity contribution < 1.29 is 49.3 Å². The molecule has 1 amide bonds. The van der Waals surface area contributed by atoms with Crippen LogP contribution < -0.4 is 5.32 Å². The number of unbranched alkanes of at least 4 members (excludes halogenated alkanes) is 58. The van der Waals surface area contributed by atoms with Gasteiger partial charge in [-0.05, 0) is 83.5 Å². The summed E-state index contributed by atoms with van der Waals surface area (Å²) in [6.07, 6.45) is 87.6. The molecule has 11 nitrogen and oxygen atoms in total.